The number of aryl methyl sites for hydroxylation is 1. The van der Waals surface area contributed by atoms with Crippen molar-refractivity contribution in [2.24, 2.45) is 0 Å². The molecule has 1 aliphatic carbocycles. The van der Waals surface area contributed by atoms with Crippen LogP contribution in [0.5, 0.6) is 5.75 Å². The molecule has 1 saturated carbocycles. The normalized spacial score (nSPS) is 17.4. The van der Waals surface area contributed by atoms with Crippen molar-refractivity contribution in [3.63, 3.8) is 0 Å². The van der Waals surface area contributed by atoms with Crippen molar-refractivity contribution in [2.45, 2.75) is 58.0 Å². The molecule has 0 aromatic heterocycles. The highest BCUT2D eigenvalue weighted by Gasteiger charge is 2.38. The maximum absolute atomic E-state index is 12.2. The summed E-state index contributed by atoms with van der Waals surface area (Å²) in [4.78, 5) is 12.2. The monoisotopic (exact) mass is 277 g/mol. The molecule has 2 rings (SSSR count). The number of phenolic OH excluding ortho intramolecular Hbond substituents is 1. The van der Waals surface area contributed by atoms with Crippen molar-refractivity contribution in [1.82, 2.24) is 0 Å². The first-order chi connectivity index (χ1) is 9.33. The number of phenols is 1. The third-order valence-electron chi connectivity index (χ3n) is 4.10. The molecule has 0 heterocycles. The van der Waals surface area contributed by atoms with Crippen LogP contribution in [0.3, 0.4) is 0 Å². The van der Waals surface area contributed by atoms with Crippen LogP contribution in [0.15, 0.2) is 12.1 Å². The molecule has 1 fully saturated rings. The van der Waals surface area contributed by atoms with Gasteiger partial charge in [-0.1, -0.05) is 13.8 Å². The van der Waals surface area contributed by atoms with Gasteiger partial charge < -0.3 is 15.5 Å². The van der Waals surface area contributed by atoms with Crippen LogP contribution in [0.2, 0.25) is 0 Å². The smallest absolute Gasteiger partial charge is 0.256 e. The minimum Gasteiger partial charge on any atom is -0.508 e. The molecule has 110 valence electrons. The van der Waals surface area contributed by atoms with E-state index < -0.39 is 5.60 Å². The first kappa shape index (κ1) is 14.9. The number of aliphatic hydroxyl groups is 1. The first-order valence-electron chi connectivity index (χ1n) is 7.21. The van der Waals surface area contributed by atoms with Crippen molar-refractivity contribution >= 4 is 11.6 Å². The largest absolute Gasteiger partial charge is 0.508 e. The van der Waals surface area contributed by atoms with Gasteiger partial charge in [0.15, 0.2) is 0 Å². The fraction of sp³-hybridized carbons (Fsp3) is 0.562. The van der Waals surface area contributed by atoms with Crippen molar-refractivity contribution in [3.05, 3.63) is 23.3 Å². The van der Waals surface area contributed by atoms with Gasteiger partial charge in [0.1, 0.15) is 11.4 Å². The molecule has 20 heavy (non-hydrogen) atoms. The Labute approximate surface area is 119 Å². The number of amides is 1. The molecule has 0 bridgehead atoms. The number of hydrogen-bond donors (Lipinski definition) is 3. The van der Waals surface area contributed by atoms with Crippen molar-refractivity contribution in [1.29, 1.82) is 0 Å². The number of anilines is 1. The Morgan fingerprint density at radius 3 is 2.45 bits per heavy atom. The standard InChI is InChI=1S/C16H23NO3/c1-10(2)12-9-13(11(3)8-14(12)18)17-15(19)16(20)6-4-5-7-16/h8-10,18,20H,4-7H2,1-3H3,(H,17,19). The van der Waals surface area contributed by atoms with Gasteiger partial charge in [0.25, 0.3) is 5.91 Å². The van der Waals surface area contributed by atoms with Gasteiger partial charge in [-0.25, -0.2) is 0 Å². The molecule has 1 amide bonds. The molecule has 1 aliphatic rings. The second-order valence-electron chi connectivity index (χ2n) is 6.07. The summed E-state index contributed by atoms with van der Waals surface area (Å²) >= 11 is 0. The minimum atomic E-state index is -1.23. The molecule has 0 unspecified atom stereocenters. The minimum absolute atomic E-state index is 0.167. The van der Waals surface area contributed by atoms with Crippen LogP contribution >= 0.6 is 0 Å². The summed E-state index contributed by atoms with van der Waals surface area (Å²) in [5.74, 6) is 0.0781. The lowest BCUT2D eigenvalue weighted by atomic mass is 9.97. The summed E-state index contributed by atoms with van der Waals surface area (Å²) in [7, 11) is 0. The Hall–Kier alpha value is -1.55. The maximum Gasteiger partial charge on any atom is 0.256 e. The molecular weight excluding hydrogens is 254 g/mol. The van der Waals surface area contributed by atoms with Crippen LogP contribution in [0.1, 0.15) is 56.6 Å². The lowest BCUT2D eigenvalue weighted by Gasteiger charge is -2.22. The van der Waals surface area contributed by atoms with Gasteiger partial charge in [-0.05, 0) is 61.8 Å². The number of aromatic hydroxyl groups is 1. The summed E-state index contributed by atoms with van der Waals surface area (Å²) in [5.41, 5.74) is 1.02. The van der Waals surface area contributed by atoms with E-state index in [-0.39, 0.29) is 17.6 Å². The Morgan fingerprint density at radius 1 is 1.30 bits per heavy atom. The van der Waals surface area contributed by atoms with Gasteiger partial charge in [0, 0.05) is 5.69 Å². The van der Waals surface area contributed by atoms with E-state index in [9.17, 15) is 15.0 Å². The zero-order valence-electron chi connectivity index (χ0n) is 12.4. The summed E-state index contributed by atoms with van der Waals surface area (Å²) in [6, 6.07) is 3.45. The molecule has 4 heteroatoms. The Kier molecular flexibility index (Phi) is 4.04. The van der Waals surface area contributed by atoms with E-state index in [1.54, 1.807) is 12.1 Å². The zero-order valence-corrected chi connectivity index (χ0v) is 12.4. The van der Waals surface area contributed by atoms with Gasteiger partial charge >= 0.3 is 0 Å². The van der Waals surface area contributed by atoms with Crippen LogP contribution in [0.4, 0.5) is 5.69 Å². The van der Waals surface area contributed by atoms with Crippen LogP contribution in [-0.4, -0.2) is 21.7 Å². The highest BCUT2D eigenvalue weighted by molar-refractivity contribution is 5.98. The fourth-order valence-electron chi connectivity index (χ4n) is 2.73. The Morgan fingerprint density at radius 2 is 1.90 bits per heavy atom. The Bertz CT molecular complexity index is 517. The number of hydrogen-bond acceptors (Lipinski definition) is 3. The zero-order chi connectivity index (χ0) is 14.9. The lowest BCUT2D eigenvalue weighted by molar-refractivity contribution is -0.133. The van der Waals surface area contributed by atoms with Crippen LogP contribution in [-0.2, 0) is 4.79 Å². The molecule has 0 radical (unpaired) electrons. The molecule has 3 N–H and O–H groups in total. The molecule has 1 aromatic carbocycles. The van der Waals surface area contributed by atoms with Crippen LogP contribution in [0, 0.1) is 6.92 Å². The van der Waals surface area contributed by atoms with Gasteiger partial charge in [-0.3, -0.25) is 4.79 Å². The lowest BCUT2D eigenvalue weighted by Crippen LogP contribution is -2.40. The Balaban J connectivity index is 2.25. The number of benzene rings is 1. The predicted molar refractivity (Wildman–Crippen MR) is 79.0 cm³/mol. The van der Waals surface area contributed by atoms with Gasteiger partial charge in [-0.2, -0.15) is 0 Å². The molecule has 0 aliphatic heterocycles. The van der Waals surface area contributed by atoms with Crippen molar-refractivity contribution in [3.8, 4) is 5.75 Å². The van der Waals surface area contributed by atoms with Gasteiger partial charge in [0.05, 0.1) is 0 Å². The third kappa shape index (κ3) is 2.80. The van der Waals surface area contributed by atoms with Gasteiger partial charge in [-0.15, -0.1) is 0 Å². The SMILES string of the molecule is Cc1cc(O)c(C(C)C)cc1NC(=O)C1(O)CCCC1. The molecule has 0 spiro atoms. The fourth-order valence-corrected chi connectivity index (χ4v) is 2.73. The highest BCUT2D eigenvalue weighted by Crippen LogP contribution is 2.34. The first-order valence-corrected chi connectivity index (χ1v) is 7.21. The molecule has 0 saturated heterocycles. The number of carbonyl (C=O) groups excluding carboxylic acids is 1. The summed E-state index contributed by atoms with van der Waals surface area (Å²) < 4.78 is 0. The highest BCUT2D eigenvalue weighted by atomic mass is 16.3. The maximum atomic E-state index is 12.2. The van der Waals surface area contributed by atoms with Crippen LogP contribution < -0.4 is 5.32 Å². The van der Waals surface area contributed by atoms with Crippen LogP contribution in [0.25, 0.3) is 0 Å². The average molecular weight is 277 g/mol. The summed E-state index contributed by atoms with van der Waals surface area (Å²) in [6.45, 7) is 5.80. The van der Waals surface area contributed by atoms with E-state index in [0.29, 0.717) is 18.5 Å². The van der Waals surface area contributed by atoms with E-state index in [2.05, 4.69) is 5.32 Å². The van der Waals surface area contributed by atoms with E-state index in [0.717, 1.165) is 24.0 Å². The summed E-state index contributed by atoms with van der Waals surface area (Å²) in [6.07, 6.45) is 2.81. The summed E-state index contributed by atoms with van der Waals surface area (Å²) in [5, 5.41) is 23.0. The van der Waals surface area contributed by atoms with E-state index in [4.69, 9.17) is 0 Å². The van der Waals surface area contributed by atoms with E-state index >= 15 is 0 Å². The number of carbonyl (C=O) groups is 1. The van der Waals surface area contributed by atoms with Gasteiger partial charge in [0.2, 0.25) is 0 Å². The molecule has 0 atom stereocenters. The second-order valence-corrected chi connectivity index (χ2v) is 6.07. The topological polar surface area (TPSA) is 69.6 Å². The predicted octanol–water partition coefficient (Wildman–Crippen LogP) is 3.07. The number of nitrogens with one attached hydrogen (secondary N) is 1. The molecule has 4 nitrogen and oxygen atoms in total. The quantitative estimate of drug-likeness (QED) is 0.744. The van der Waals surface area contributed by atoms with E-state index in [1.165, 1.54) is 0 Å². The average Bonchev–Trinajstić information content (AvgIpc) is 2.80. The molecule has 1 aromatic rings. The van der Waals surface area contributed by atoms with Crippen molar-refractivity contribution in [2.75, 3.05) is 5.32 Å². The van der Waals surface area contributed by atoms with E-state index in [1.807, 2.05) is 20.8 Å². The molecular formula is C16H23NO3. The number of rotatable bonds is 3. The second kappa shape index (κ2) is 5.44. The van der Waals surface area contributed by atoms with Crippen molar-refractivity contribution < 1.29 is 15.0 Å². The third-order valence-corrected chi connectivity index (χ3v) is 4.10.